The fourth-order valence-corrected chi connectivity index (χ4v) is 2.66. The molecule has 0 fully saturated rings. The van der Waals surface area contributed by atoms with Crippen LogP contribution in [0.5, 0.6) is 0 Å². The highest BCUT2D eigenvalue weighted by Crippen LogP contribution is 2.23. The van der Waals surface area contributed by atoms with Crippen LogP contribution in [0.25, 0.3) is 0 Å². The molecule has 1 aliphatic rings. The van der Waals surface area contributed by atoms with Crippen molar-refractivity contribution in [2.45, 2.75) is 38.3 Å². The van der Waals surface area contributed by atoms with Crippen LogP contribution in [0, 0.1) is 0 Å². The largest absolute Gasteiger partial charge is 0.351 e. The van der Waals surface area contributed by atoms with Gasteiger partial charge in [-0.2, -0.15) is 0 Å². The molecule has 1 amide bonds. The zero-order valence-electron chi connectivity index (χ0n) is 8.69. The smallest absolute Gasteiger partial charge is 0.219 e. The first-order valence-electron chi connectivity index (χ1n) is 5.17. The summed E-state index contributed by atoms with van der Waals surface area (Å²) in [6.45, 7) is 1.85. The van der Waals surface area contributed by atoms with Gasteiger partial charge in [0.25, 0.3) is 0 Å². The fraction of sp³-hybridized carbons (Fsp3) is 0.600. The Morgan fingerprint density at radius 3 is 3.27 bits per heavy atom. The Hall–Kier alpha value is -0.940. The van der Waals surface area contributed by atoms with Crippen LogP contribution in [-0.2, 0) is 17.6 Å². The quantitative estimate of drug-likeness (QED) is 0.768. The zero-order valence-corrected chi connectivity index (χ0v) is 9.51. The lowest BCUT2D eigenvalue weighted by Gasteiger charge is -2.28. The number of hydrogen-bond donors (Lipinski definition) is 2. The van der Waals surface area contributed by atoms with Crippen molar-refractivity contribution >= 4 is 17.2 Å². The predicted molar refractivity (Wildman–Crippen MR) is 59.7 cm³/mol. The summed E-state index contributed by atoms with van der Waals surface area (Å²) in [4.78, 5) is 16.8. The van der Waals surface area contributed by atoms with E-state index in [-0.39, 0.29) is 18.0 Å². The van der Waals surface area contributed by atoms with Gasteiger partial charge in [0.2, 0.25) is 5.91 Å². The first-order valence-corrected chi connectivity index (χ1v) is 6.05. The highest BCUT2D eigenvalue weighted by Gasteiger charge is 2.28. The average molecular weight is 225 g/mol. The zero-order chi connectivity index (χ0) is 10.8. The second kappa shape index (κ2) is 4.28. The molecule has 1 aliphatic carbocycles. The first-order chi connectivity index (χ1) is 7.20. The fourth-order valence-electron chi connectivity index (χ4n) is 1.81. The molecule has 15 heavy (non-hydrogen) atoms. The summed E-state index contributed by atoms with van der Waals surface area (Å²) >= 11 is 1.65. The summed E-state index contributed by atoms with van der Waals surface area (Å²) in [5.74, 6) is 0.0726. The second-order valence-electron chi connectivity index (χ2n) is 3.82. The Balaban J connectivity index is 2.07. The van der Waals surface area contributed by atoms with Crippen molar-refractivity contribution in [3.8, 4) is 0 Å². The predicted octanol–water partition coefficient (Wildman–Crippen LogP) is 0.464. The molecule has 0 aliphatic heterocycles. The van der Waals surface area contributed by atoms with Crippen LogP contribution < -0.4 is 11.1 Å². The van der Waals surface area contributed by atoms with Crippen LogP contribution in [0.2, 0.25) is 0 Å². The van der Waals surface area contributed by atoms with Crippen molar-refractivity contribution in [3.63, 3.8) is 0 Å². The summed E-state index contributed by atoms with van der Waals surface area (Å²) < 4.78 is 0. The molecular formula is C10H15N3OS. The number of aromatic nitrogens is 1. The number of hydrogen-bond acceptors (Lipinski definition) is 4. The molecule has 0 saturated carbocycles. The molecule has 2 rings (SSSR count). The van der Waals surface area contributed by atoms with E-state index in [4.69, 9.17) is 5.73 Å². The minimum absolute atomic E-state index is 0.00454. The van der Waals surface area contributed by atoms with Crippen molar-refractivity contribution in [2.75, 3.05) is 0 Å². The number of rotatable bonds is 2. The Bertz CT molecular complexity index is 363. The average Bonchev–Trinajstić information content (AvgIpc) is 2.65. The lowest BCUT2D eigenvalue weighted by Crippen LogP contribution is -2.51. The molecule has 1 heterocycles. The van der Waals surface area contributed by atoms with Gasteiger partial charge in [-0.15, -0.1) is 11.3 Å². The molecule has 82 valence electrons. The van der Waals surface area contributed by atoms with Gasteiger partial charge in [-0.25, -0.2) is 4.98 Å². The lowest BCUT2D eigenvalue weighted by atomic mass is 9.93. The van der Waals surface area contributed by atoms with Crippen LogP contribution in [0.15, 0.2) is 5.51 Å². The maximum absolute atomic E-state index is 11.3. The highest BCUT2D eigenvalue weighted by molar-refractivity contribution is 7.09. The van der Waals surface area contributed by atoms with Crippen LogP contribution in [0.4, 0.5) is 0 Å². The Labute approximate surface area is 92.9 Å². The topological polar surface area (TPSA) is 68.0 Å². The third kappa shape index (κ3) is 2.18. The van der Waals surface area contributed by atoms with Crippen LogP contribution >= 0.6 is 11.3 Å². The van der Waals surface area contributed by atoms with Crippen molar-refractivity contribution in [1.82, 2.24) is 10.3 Å². The number of thiazole rings is 1. The van der Waals surface area contributed by atoms with Crippen LogP contribution in [0.1, 0.15) is 23.9 Å². The second-order valence-corrected chi connectivity index (χ2v) is 4.76. The number of carbonyl (C=O) groups excluding carboxylic acids is 1. The number of nitrogens with one attached hydrogen (secondary N) is 1. The standard InChI is InChI=1S/C10H15N3OS/c1-2-10(14)13-7-4-9-8(3-6(7)11)12-5-15-9/h5-7H,2-4,11H2,1H3,(H,13,14). The first kappa shape index (κ1) is 10.6. The normalized spacial score (nSPS) is 24.7. The highest BCUT2D eigenvalue weighted by atomic mass is 32.1. The molecule has 2 unspecified atom stereocenters. The van der Waals surface area contributed by atoms with E-state index in [1.807, 2.05) is 12.4 Å². The van der Waals surface area contributed by atoms with Crippen molar-refractivity contribution in [2.24, 2.45) is 5.73 Å². The summed E-state index contributed by atoms with van der Waals surface area (Å²) in [6, 6.07) is 0.0699. The van der Waals surface area contributed by atoms with Gasteiger partial charge in [-0.05, 0) is 0 Å². The molecule has 0 bridgehead atoms. The molecular weight excluding hydrogens is 210 g/mol. The molecule has 3 N–H and O–H groups in total. The van der Waals surface area contributed by atoms with Gasteiger partial charge in [-0.1, -0.05) is 6.92 Å². The minimum atomic E-state index is -0.00454. The SMILES string of the molecule is CCC(=O)NC1Cc2scnc2CC1N. The van der Waals surface area contributed by atoms with E-state index in [1.165, 1.54) is 4.88 Å². The number of fused-ring (bicyclic) bond motifs is 1. The molecule has 1 aromatic rings. The Kier molecular flexibility index (Phi) is 3.02. The summed E-state index contributed by atoms with van der Waals surface area (Å²) in [7, 11) is 0. The van der Waals surface area contributed by atoms with Gasteiger partial charge >= 0.3 is 0 Å². The van der Waals surface area contributed by atoms with Crippen molar-refractivity contribution in [1.29, 1.82) is 0 Å². The molecule has 5 heteroatoms. The van der Waals surface area contributed by atoms with Crippen LogP contribution in [-0.4, -0.2) is 23.0 Å². The van der Waals surface area contributed by atoms with E-state index in [2.05, 4.69) is 10.3 Å². The van der Waals surface area contributed by atoms with Gasteiger partial charge in [0.1, 0.15) is 0 Å². The maximum atomic E-state index is 11.3. The van der Waals surface area contributed by atoms with Crippen molar-refractivity contribution in [3.05, 3.63) is 16.1 Å². The third-order valence-corrected chi connectivity index (χ3v) is 3.64. The van der Waals surface area contributed by atoms with Gasteiger partial charge in [0.05, 0.1) is 11.2 Å². The van der Waals surface area contributed by atoms with Gasteiger partial charge in [0.15, 0.2) is 0 Å². The van der Waals surface area contributed by atoms with E-state index in [0.29, 0.717) is 6.42 Å². The molecule has 0 saturated heterocycles. The summed E-state index contributed by atoms with van der Waals surface area (Å²) in [6.07, 6.45) is 2.11. The molecule has 4 nitrogen and oxygen atoms in total. The van der Waals surface area contributed by atoms with E-state index in [9.17, 15) is 4.79 Å². The van der Waals surface area contributed by atoms with Crippen molar-refractivity contribution < 1.29 is 4.79 Å². The van der Waals surface area contributed by atoms with Crippen LogP contribution in [0.3, 0.4) is 0 Å². The van der Waals surface area contributed by atoms with Gasteiger partial charge < -0.3 is 11.1 Å². The Morgan fingerprint density at radius 2 is 2.53 bits per heavy atom. The van der Waals surface area contributed by atoms with Gasteiger partial charge in [0, 0.05) is 36.2 Å². The van der Waals surface area contributed by atoms with E-state index in [0.717, 1.165) is 18.5 Å². The number of carbonyl (C=O) groups is 1. The summed E-state index contributed by atoms with van der Waals surface area (Å²) in [5.41, 5.74) is 8.96. The molecule has 1 aromatic heterocycles. The maximum Gasteiger partial charge on any atom is 0.219 e. The molecule has 2 atom stereocenters. The number of nitrogens with zero attached hydrogens (tertiary/aromatic N) is 1. The molecule has 0 aromatic carbocycles. The summed E-state index contributed by atoms with van der Waals surface area (Å²) in [5, 5.41) is 2.96. The van der Waals surface area contributed by atoms with E-state index in [1.54, 1.807) is 11.3 Å². The van der Waals surface area contributed by atoms with E-state index >= 15 is 0 Å². The number of nitrogens with two attached hydrogens (primary N) is 1. The molecule has 0 spiro atoms. The minimum Gasteiger partial charge on any atom is -0.351 e. The van der Waals surface area contributed by atoms with E-state index < -0.39 is 0 Å². The number of amides is 1. The molecule has 0 radical (unpaired) electrons. The monoisotopic (exact) mass is 225 g/mol. The Morgan fingerprint density at radius 1 is 1.73 bits per heavy atom. The lowest BCUT2D eigenvalue weighted by molar-refractivity contribution is -0.121. The third-order valence-electron chi connectivity index (χ3n) is 2.74. The van der Waals surface area contributed by atoms with Gasteiger partial charge in [-0.3, -0.25) is 4.79 Å².